The van der Waals surface area contributed by atoms with Crippen molar-refractivity contribution in [2.75, 3.05) is 19.5 Å². The zero-order valence-electron chi connectivity index (χ0n) is 22.6. The van der Waals surface area contributed by atoms with Crippen molar-refractivity contribution in [2.45, 2.75) is 53.6 Å². The number of hydrogen-bond acceptors (Lipinski definition) is 7. The number of nitrogens with zero attached hydrogens (tertiary/aromatic N) is 3. The van der Waals surface area contributed by atoms with Crippen molar-refractivity contribution >= 4 is 17.6 Å². The lowest BCUT2D eigenvalue weighted by Gasteiger charge is -2.22. The molecular formula is C28H36N4O5. The third-order valence-corrected chi connectivity index (χ3v) is 6.44. The standard InChI is InChI=1S/C28H36N4O5/c1-17(2)14-22-12-13-23(15-24(22)36-6)29-26-30-27(34)32(20(5)19(4)25(33)37-7)28(35)31(26)16-21-10-8-18(3)9-11-21/h8-13,15,17,19-20H,14,16H2,1-7H3,(H,29,30,34)/t19-,20+/m1/s1. The van der Waals surface area contributed by atoms with Gasteiger partial charge in [-0.15, -0.1) is 0 Å². The van der Waals surface area contributed by atoms with E-state index in [1.165, 1.54) is 11.7 Å². The molecule has 0 amide bonds. The molecule has 0 aliphatic heterocycles. The summed E-state index contributed by atoms with van der Waals surface area (Å²) in [5.74, 6) is 0.0284. The summed E-state index contributed by atoms with van der Waals surface area (Å²) in [6.45, 7) is 9.68. The van der Waals surface area contributed by atoms with Crippen LogP contribution in [0.4, 0.5) is 11.6 Å². The van der Waals surface area contributed by atoms with Crippen LogP contribution in [0, 0.1) is 18.8 Å². The van der Waals surface area contributed by atoms with Crippen molar-refractivity contribution in [3.8, 4) is 5.75 Å². The van der Waals surface area contributed by atoms with Gasteiger partial charge >= 0.3 is 17.3 Å². The van der Waals surface area contributed by atoms with Crippen LogP contribution in [0.1, 0.15) is 50.4 Å². The number of carbonyl (C=O) groups excluding carboxylic acids is 1. The van der Waals surface area contributed by atoms with Gasteiger partial charge in [-0.05, 0) is 50.3 Å². The molecule has 9 nitrogen and oxygen atoms in total. The van der Waals surface area contributed by atoms with E-state index in [0.717, 1.165) is 27.7 Å². The molecule has 2 atom stereocenters. The van der Waals surface area contributed by atoms with Crippen LogP contribution in [0.2, 0.25) is 0 Å². The summed E-state index contributed by atoms with van der Waals surface area (Å²) in [7, 11) is 2.88. The summed E-state index contributed by atoms with van der Waals surface area (Å²) in [4.78, 5) is 43.1. The first-order valence-corrected chi connectivity index (χ1v) is 12.4. The van der Waals surface area contributed by atoms with Gasteiger partial charge < -0.3 is 14.8 Å². The first-order valence-electron chi connectivity index (χ1n) is 12.4. The van der Waals surface area contributed by atoms with E-state index in [9.17, 15) is 14.4 Å². The van der Waals surface area contributed by atoms with Gasteiger partial charge in [0.15, 0.2) is 0 Å². The number of aromatic nitrogens is 3. The Morgan fingerprint density at radius 2 is 1.70 bits per heavy atom. The number of nitrogens with one attached hydrogen (secondary N) is 1. The second-order valence-electron chi connectivity index (χ2n) is 9.74. The van der Waals surface area contributed by atoms with Crippen LogP contribution in [0.15, 0.2) is 52.1 Å². The maximum atomic E-state index is 13.7. The van der Waals surface area contributed by atoms with Crippen molar-refractivity contribution in [1.82, 2.24) is 14.1 Å². The van der Waals surface area contributed by atoms with Crippen molar-refractivity contribution in [3.63, 3.8) is 0 Å². The largest absolute Gasteiger partial charge is 0.496 e. The predicted molar refractivity (Wildman–Crippen MR) is 144 cm³/mol. The number of carbonyl (C=O) groups is 1. The number of benzene rings is 2. The van der Waals surface area contributed by atoms with Crippen molar-refractivity contribution in [3.05, 3.63) is 80.1 Å². The molecule has 0 saturated carbocycles. The lowest BCUT2D eigenvalue weighted by atomic mass is 10.0. The molecule has 0 radical (unpaired) electrons. The molecule has 9 heteroatoms. The molecule has 0 aliphatic rings. The fraction of sp³-hybridized carbons (Fsp3) is 0.429. The molecule has 1 heterocycles. The zero-order valence-corrected chi connectivity index (χ0v) is 22.6. The minimum Gasteiger partial charge on any atom is -0.496 e. The van der Waals surface area contributed by atoms with Crippen molar-refractivity contribution in [1.29, 1.82) is 0 Å². The molecule has 0 aliphatic carbocycles. The minimum absolute atomic E-state index is 0.100. The van der Waals surface area contributed by atoms with E-state index in [1.807, 2.05) is 49.4 Å². The molecule has 37 heavy (non-hydrogen) atoms. The average molecular weight is 509 g/mol. The number of hydrogen-bond donors (Lipinski definition) is 1. The Balaban J connectivity index is 2.11. The molecule has 3 aromatic rings. The summed E-state index contributed by atoms with van der Waals surface area (Å²) >= 11 is 0. The number of esters is 1. The maximum Gasteiger partial charge on any atom is 0.355 e. The summed E-state index contributed by atoms with van der Waals surface area (Å²) < 4.78 is 12.8. The van der Waals surface area contributed by atoms with Crippen LogP contribution in [0.5, 0.6) is 5.75 Å². The minimum atomic E-state index is -0.756. The van der Waals surface area contributed by atoms with Gasteiger partial charge in [-0.25, -0.2) is 14.2 Å². The lowest BCUT2D eigenvalue weighted by molar-refractivity contribution is -0.146. The van der Waals surface area contributed by atoms with Gasteiger partial charge in [0.05, 0.1) is 32.7 Å². The maximum absolute atomic E-state index is 13.7. The number of rotatable bonds is 10. The first kappa shape index (κ1) is 27.7. The van der Waals surface area contributed by atoms with E-state index in [2.05, 4.69) is 24.1 Å². The number of methoxy groups -OCH3 is 2. The van der Waals surface area contributed by atoms with E-state index in [-0.39, 0.29) is 12.5 Å². The smallest absolute Gasteiger partial charge is 0.355 e. The second kappa shape index (κ2) is 11.9. The highest BCUT2D eigenvalue weighted by Gasteiger charge is 2.27. The fourth-order valence-corrected chi connectivity index (χ4v) is 4.14. The highest BCUT2D eigenvalue weighted by atomic mass is 16.5. The van der Waals surface area contributed by atoms with Gasteiger partial charge in [-0.1, -0.05) is 49.7 Å². The number of anilines is 2. The molecule has 2 aromatic carbocycles. The average Bonchev–Trinajstić information content (AvgIpc) is 2.86. The number of ether oxygens (including phenoxy) is 2. The Kier molecular flexibility index (Phi) is 8.91. The Hall–Kier alpha value is -3.88. The van der Waals surface area contributed by atoms with Crippen molar-refractivity contribution < 1.29 is 14.3 Å². The van der Waals surface area contributed by atoms with Crippen LogP contribution in [0.25, 0.3) is 0 Å². The van der Waals surface area contributed by atoms with Gasteiger partial charge in [-0.3, -0.25) is 9.36 Å². The van der Waals surface area contributed by atoms with Crippen LogP contribution in [0.3, 0.4) is 0 Å². The molecule has 1 N–H and O–H groups in total. The number of aryl methyl sites for hydroxylation is 1. The first-order chi connectivity index (χ1) is 17.5. The molecule has 0 bridgehead atoms. The van der Waals surface area contributed by atoms with Gasteiger partial charge in [0, 0.05) is 11.8 Å². The molecule has 198 valence electrons. The molecular weight excluding hydrogens is 472 g/mol. The normalized spacial score (nSPS) is 12.8. The van der Waals surface area contributed by atoms with Gasteiger partial charge in [0.25, 0.3) is 0 Å². The monoisotopic (exact) mass is 508 g/mol. The van der Waals surface area contributed by atoms with Gasteiger partial charge in [0.2, 0.25) is 5.95 Å². The summed E-state index contributed by atoms with van der Waals surface area (Å²) in [6, 6.07) is 12.7. The van der Waals surface area contributed by atoms with Crippen LogP contribution >= 0.6 is 0 Å². The molecule has 0 fully saturated rings. The Bertz CT molecular complexity index is 1360. The Labute approximate surface area is 217 Å². The quantitative estimate of drug-likeness (QED) is 0.412. The van der Waals surface area contributed by atoms with Crippen LogP contribution < -0.4 is 21.4 Å². The van der Waals surface area contributed by atoms with E-state index in [1.54, 1.807) is 21.0 Å². The highest BCUT2D eigenvalue weighted by molar-refractivity contribution is 5.72. The molecule has 3 rings (SSSR count). The van der Waals surface area contributed by atoms with E-state index in [4.69, 9.17) is 9.47 Å². The molecule has 0 saturated heterocycles. The van der Waals surface area contributed by atoms with Crippen molar-refractivity contribution in [2.24, 2.45) is 11.8 Å². The van der Waals surface area contributed by atoms with Crippen LogP contribution in [-0.2, 0) is 22.5 Å². The second-order valence-corrected chi connectivity index (χ2v) is 9.74. The SMILES string of the molecule is COC(=O)[C@H](C)[C@H](C)n1c(=O)nc(Nc2ccc(CC(C)C)c(OC)c2)n(Cc2ccc(C)cc2)c1=O. The lowest BCUT2D eigenvalue weighted by Crippen LogP contribution is -2.46. The van der Waals surface area contributed by atoms with Crippen LogP contribution in [-0.4, -0.2) is 34.3 Å². The molecule has 0 unspecified atom stereocenters. The fourth-order valence-electron chi connectivity index (χ4n) is 4.14. The highest BCUT2D eigenvalue weighted by Crippen LogP contribution is 2.27. The topological polar surface area (TPSA) is 104 Å². The Morgan fingerprint density at radius 1 is 1.03 bits per heavy atom. The third kappa shape index (κ3) is 6.47. The molecule has 0 spiro atoms. The van der Waals surface area contributed by atoms with Gasteiger partial charge in [0.1, 0.15) is 5.75 Å². The predicted octanol–water partition coefficient (Wildman–Crippen LogP) is 4.08. The summed E-state index contributed by atoms with van der Waals surface area (Å²) in [5.41, 5.74) is 2.32. The van der Waals surface area contributed by atoms with Gasteiger partial charge in [-0.2, -0.15) is 4.98 Å². The van der Waals surface area contributed by atoms with E-state index < -0.39 is 29.3 Å². The van der Waals surface area contributed by atoms with E-state index >= 15 is 0 Å². The zero-order chi connectivity index (χ0) is 27.3. The van der Waals surface area contributed by atoms with E-state index in [0.29, 0.717) is 17.4 Å². The molecule has 1 aromatic heterocycles. The Morgan fingerprint density at radius 3 is 2.30 bits per heavy atom. The third-order valence-electron chi connectivity index (χ3n) is 6.44. The summed E-state index contributed by atoms with van der Waals surface area (Å²) in [6.07, 6.45) is 0.853. The summed E-state index contributed by atoms with van der Waals surface area (Å²) in [5, 5.41) is 3.14.